The SMILES string of the molecule is O=C(NCC(O)C(O)c1c(Br)cc(F)cc1Br)OCc1ccccc1. The van der Waals surface area contributed by atoms with E-state index in [1.165, 1.54) is 12.1 Å². The maximum absolute atomic E-state index is 13.3. The normalized spacial score (nSPS) is 13.2. The van der Waals surface area contributed by atoms with Gasteiger partial charge in [0, 0.05) is 21.1 Å². The third kappa shape index (κ3) is 5.78. The third-order valence-electron chi connectivity index (χ3n) is 3.37. The summed E-state index contributed by atoms with van der Waals surface area (Å²) in [6, 6.07) is 11.5. The van der Waals surface area contributed by atoms with Crippen molar-refractivity contribution < 1.29 is 24.1 Å². The molecule has 134 valence electrons. The van der Waals surface area contributed by atoms with Gasteiger partial charge in [-0.05, 0) is 17.7 Å². The van der Waals surface area contributed by atoms with E-state index in [4.69, 9.17) is 4.74 Å². The van der Waals surface area contributed by atoms with Crippen LogP contribution in [0, 0.1) is 5.82 Å². The summed E-state index contributed by atoms with van der Waals surface area (Å²) < 4.78 is 18.9. The van der Waals surface area contributed by atoms with E-state index < -0.39 is 24.1 Å². The predicted molar refractivity (Wildman–Crippen MR) is 97.4 cm³/mol. The smallest absolute Gasteiger partial charge is 0.407 e. The highest BCUT2D eigenvalue weighted by atomic mass is 79.9. The number of carbonyl (C=O) groups is 1. The monoisotopic (exact) mass is 475 g/mol. The molecule has 2 unspecified atom stereocenters. The standard InChI is InChI=1S/C17H16Br2FNO4/c18-12-6-11(20)7-13(19)15(12)16(23)14(22)8-21-17(24)25-9-10-4-2-1-3-5-10/h1-7,14,16,22-23H,8-9H2,(H,21,24). The Morgan fingerprint density at radius 2 is 1.76 bits per heavy atom. The summed E-state index contributed by atoms with van der Waals surface area (Å²) in [6.07, 6.45) is -3.35. The molecule has 25 heavy (non-hydrogen) atoms. The Morgan fingerprint density at radius 1 is 1.16 bits per heavy atom. The van der Waals surface area contributed by atoms with Crippen LogP contribution in [-0.4, -0.2) is 29.0 Å². The average molecular weight is 477 g/mol. The van der Waals surface area contributed by atoms with E-state index in [9.17, 15) is 19.4 Å². The van der Waals surface area contributed by atoms with Gasteiger partial charge in [-0.2, -0.15) is 0 Å². The molecule has 0 spiro atoms. The van der Waals surface area contributed by atoms with Crippen molar-refractivity contribution in [3.8, 4) is 0 Å². The Labute approximate surface area is 161 Å². The lowest BCUT2D eigenvalue weighted by Crippen LogP contribution is -2.36. The molecule has 0 heterocycles. The van der Waals surface area contributed by atoms with Crippen LogP contribution in [0.4, 0.5) is 9.18 Å². The van der Waals surface area contributed by atoms with Gasteiger partial charge in [-0.1, -0.05) is 62.2 Å². The van der Waals surface area contributed by atoms with Gasteiger partial charge in [0.25, 0.3) is 0 Å². The Balaban J connectivity index is 1.87. The quantitative estimate of drug-likeness (QED) is 0.594. The number of hydrogen-bond donors (Lipinski definition) is 3. The largest absolute Gasteiger partial charge is 0.445 e. The van der Waals surface area contributed by atoms with Crippen molar-refractivity contribution >= 4 is 38.0 Å². The molecular formula is C17H16Br2FNO4. The first-order valence-corrected chi connectivity index (χ1v) is 8.92. The zero-order chi connectivity index (χ0) is 18.4. The second kappa shape index (κ2) is 9.28. The molecule has 0 radical (unpaired) electrons. The number of aliphatic hydroxyl groups is 2. The van der Waals surface area contributed by atoms with Gasteiger partial charge in [0.2, 0.25) is 0 Å². The number of nitrogens with one attached hydrogen (secondary N) is 1. The first-order chi connectivity index (χ1) is 11.9. The molecule has 2 rings (SSSR count). The van der Waals surface area contributed by atoms with Crippen molar-refractivity contribution in [1.29, 1.82) is 0 Å². The van der Waals surface area contributed by atoms with Crippen molar-refractivity contribution in [3.05, 3.63) is 68.4 Å². The van der Waals surface area contributed by atoms with Gasteiger partial charge in [-0.15, -0.1) is 0 Å². The number of amides is 1. The van der Waals surface area contributed by atoms with Gasteiger partial charge in [-0.3, -0.25) is 0 Å². The molecule has 2 atom stereocenters. The van der Waals surface area contributed by atoms with Crippen molar-refractivity contribution in [2.45, 2.75) is 18.8 Å². The molecule has 0 saturated heterocycles. The molecule has 0 fully saturated rings. The van der Waals surface area contributed by atoms with Crippen LogP contribution in [0.25, 0.3) is 0 Å². The molecule has 0 bridgehead atoms. The summed E-state index contributed by atoms with van der Waals surface area (Å²) in [6.45, 7) is -0.134. The number of halogens is 3. The summed E-state index contributed by atoms with van der Waals surface area (Å²) in [4.78, 5) is 11.7. The first-order valence-electron chi connectivity index (χ1n) is 7.33. The van der Waals surface area contributed by atoms with E-state index in [1.54, 1.807) is 0 Å². The molecule has 1 amide bonds. The zero-order valence-corrected chi connectivity index (χ0v) is 16.1. The number of carbonyl (C=O) groups excluding carboxylic acids is 1. The minimum Gasteiger partial charge on any atom is -0.445 e. The highest BCUT2D eigenvalue weighted by molar-refractivity contribution is 9.11. The van der Waals surface area contributed by atoms with Crippen LogP contribution in [0.2, 0.25) is 0 Å². The minimum absolute atomic E-state index is 0.0976. The molecule has 0 aromatic heterocycles. The summed E-state index contributed by atoms with van der Waals surface area (Å²) in [5.74, 6) is -0.494. The van der Waals surface area contributed by atoms with Crippen LogP contribution in [0.3, 0.4) is 0 Å². The molecule has 8 heteroatoms. The van der Waals surface area contributed by atoms with Gasteiger partial charge in [0.15, 0.2) is 0 Å². The molecule has 2 aromatic carbocycles. The molecule has 3 N–H and O–H groups in total. The zero-order valence-electron chi connectivity index (χ0n) is 13.0. The van der Waals surface area contributed by atoms with Gasteiger partial charge < -0.3 is 20.3 Å². The van der Waals surface area contributed by atoms with Crippen molar-refractivity contribution in [1.82, 2.24) is 5.32 Å². The van der Waals surface area contributed by atoms with Crippen LogP contribution in [-0.2, 0) is 11.3 Å². The lowest BCUT2D eigenvalue weighted by Gasteiger charge is -2.21. The summed E-state index contributed by atoms with van der Waals surface area (Å²) in [7, 11) is 0. The molecule has 0 aliphatic rings. The number of ether oxygens (including phenoxy) is 1. The van der Waals surface area contributed by atoms with E-state index in [0.717, 1.165) is 5.56 Å². The van der Waals surface area contributed by atoms with E-state index in [-0.39, 0.29) is 18.7 Å². The number of benzene rings is 2. The second-order valence-corrected chi connectivity index (χ2v) is 6.95. The Bertz CT molecular complexity index is 707. The summed E-state index contributed by atoms with van der Waals surface area (Å²) in [5.41, 5.74) is 1.12. The van der Waals surface area contributed by atoms with Crippen molar-refractivity contribution in [3.63, 3.8) is 0 Å². The van der Waals surface area contributed by atoms with Gasteiger partial charge in [0.1, 0.15) is 24.6 Å². The average Bonchev–Trinajstić information content (AvgIpc) is 2.57. The molecule has 2 aromatic rings. The highest BCUT2D eigenvalue weighted by Crippen LogP contribution is 2.33. The van der Waals surface area contributed by atoms with E-state index in [0.29, 0.717) is 8.95 Å². The fourth-order valence-corrected chi connectivity index (χ4v) is 3.70. The summed E-state index contributed by atoms with van der Waals surface area (Å²) >= 11 is 6.29. The Morgan fingerprint density at radius 3 is 2.36 bits per heavy atom. The van der Waals surface area contributed by atoms with Crippen LogP contribution in [0.1, 0.15) is 17.2 Å². The molecule has 0 saturated carbocycles. The second-order valence-electron chi connectivity index (χ2n) is 5.24. The fraction of sp³-hybridized carbons (Fsp3) is 0.235. The van der Waals surface area contributed by atoms with E-state index in [1.807, 2.05) is 30.3 Å². The third-order valence-corrected chi connectivity index (χ3v) is 4.68. The fourth-order valence-electron chi connectivity index (χ4n) is 2.10. The van der Waals surface area contributed by atoms with Crippen LogP contribution >= 0.6 is 31.9 Å². The molecular weight excluding hydrogens is 461 g/mol. The number of alkyl carbamates (subject to hydrolysis) is 1. The Hall–Kier alpha value is -1.48. The number of aliphatic hydroxyl groups excluding tert-OH is 2. The van der Waals surface area contributed by atoms with Crippen LogP contribution < -0.4 is 5.32 Å². The maximum atomic E-state index is 13.3. The molecule has 0 aliphatic heterocycles. The van der Waals surface area contributed by atoms with E-state index in [2.05, 4.69) is 37.2 Å². The van der Waals surface area contributed by atoms with Crippen LogP contribution in [0.15, 0.2) is 51.4 Å². The Kier molecular flexibility index (Phi) is 7.37. The number of rotatable bonds is 6. The van der Waals surface area contributed by atoms with Gasteiger partial charge in [0.05, 0.1) is 0 Å². The number of hydrogen-bond acceptors (Lipinski definition) is 4. The summed E-state index contributed by atoms with van der Waals surface area (Å²) in [5, 5.41) is 22.7. The van der Waals surface area contributed by atoms with Crippen molar-refractivity contribution in [2.24, 2.45) is 0 Å². The molecule has 0 aliphatic carbocycles. The molecule has 5 nitrogen and oxygen atoms in total. The topological polar surface area (TPSA) is 78.8 Å². The maximum Gasteiger partial charge on any atom is 0.407 e. The van der Waals surface area contributed by atoms with Crippen LogP contribution in [0.5, 0.6) is 0 Å². The predicted octanol–water partition coefficient (Wildman–Crippen LogP) is 3.67. The minimum atomic E-state index is -1.33. The lowest BCUT2D eigenvalue weighted by atomic mass is 10.0. The first kappa shape index (κ1) is 19.8. The van der Waals surface area contributed by atoms with Gasteiger partial charge >= 0.3 is 6.09 Å². The van der Waals surface area contributed by atoms with Gasteiger partial charge in [-0.25, -0.2) is 9.18 Å². The van der Waals surface area contributed by atoms with Crippen molar-refractivity contribution in [2.75, 3.05) is 6.54 Å². The lowest BCUT2D eigenvalue weighted by molar-refractivity contribution is 0.0175. The van der Waals surface area contributed by atoms with E-state index >= 15 is 0 Å². The highest BCUT2D eigenvalue weighted by Gasteiger charge is 2.24.